The number of methoxy groups -OCH3 is 2. The molecular formula is C31H33BrINO5Si. The summed E-state index contributed by atoms with van der Waals surface area (Å²) in [6.45, 7) is 7.15. The van der Waals surface area contributed by atoms with Crippen molar-refractivity contribution in [3.05, 3.63) is 85.9 Å². The van der Waals surface area contributed by atoms with Crippen LogP contribution in [0.4, 0.5) is 5.69 Å². The Morgan fingerprint density at radius 2 is 1.80 bits per heavy atom. The SMILES string of the molecule is COC(=O)C[C@H]1O[C@]2(C(=O)N(Cc3ccccc3Br)c3ccc(I)cc32)[C@@H](C)[C@@H]1[Si](C)(C)c1ccc(OC)cc1. The molecule has 2 aliphatic rings. The first-order chi connectivity index (χ1) is 19.0. The highest BCUT2D eigenvalue weighted by Crippen LogP contribution is 2.60. The van der Waals surface area contributed by atoms with Crippen molar-refractivity contribution in [2.75, 3.05) is 19.1 Å². The van der Waals surface area contributed by atoms with Crippen molar-refractivity contribution in [1.82, 2.24) is 0 Å². The van der Waals surface area contributed by atoms with E-state index in [-0.39, 0.29) is 29.8 Å². The molecule has 0 aromatic heterocycles. The van der Waals surface area contributed by atoms with E-state index in [0.717, 1.165) is 30.6 Å². The molecule has 9 heteroatoms. The number of carbonyl (C=O) groups excluding carboxylic acids is 2. The number of hydrogen-bond acceptors (Lipinski definition) is 5. The summed E-state index contributed by atoms with van der Waals surface area (Å²) in [7, 11) is 0.736. The molecule has 0 aliphatic carbocycles. The van der Waals surface area contributed by atoms with Crippen molar-refractivity contribution < 1.29 is 23.8 Å². The third-order valence-corrected chi connectivity index (χ3v) is 14.5. The van der Waals surface area contributed by atoms with Gasteiger partial charge in [0.25, 0.3) is 5.91 Å². The van der Waals surface area contributed by atoms with Crippen molar-refractivity contribution in [3.8, 4) is 5.75 Å². The van der Waals surface area contributed by atoms with Gasteiger partial charge < -0.3 is 19.1 Å². The summed E-state index contributed by atoms with van der Waals surface area (Å²) in [5.74, 6) is 0.199. The third-order valence-electron chi connectivity index (χ3n) is 8.68. The zero-order valence-corrected chi connectivity index (χ0v) is 28.0. The van der Waals surface area contributed by atoms with Crippen molar-refractivity contribution in [2.24, 2.45) is 5.92 Å². The van der Waals surface area contributed by atoms with E-state index in [1.165, 1.54) is 12.3 Å². The molecule has 2 heterocycles. The number of carbonyl (C=O) groups is 2. The zero-order chi connectivity index (χ0) is 28.8. The van der Waals surface area contributed by atoms with Gasteiger partial charge in [-0.05, 0) is 70.1 Å². The van der Waals surface area contributed by atoms with Gasteiger partial charge in [0.15, 0.2) is 5.60 Å². The van der Waals surface area contributed by atoms with E-state index in [4.69, 9.17) is 14.2 Å². The van der Waals surface area contributed by atoms with E-state index in [1.807, 2.05) is 53.4 Å². The Bertz CT molecular complexity index is 1450. The number of nitrogens with zero attached hydrogens (tertiary/aromatic N) is 1. The Balaban J connectivity index is 1.63. The predicted molar refractivity (Wildman–Crippen MR) is 171 cm³/mol. The summed E-state index contributed by atoms with van der Waals surface area (Å²) in [5, 5.41) is 1.22. The van der Waals surface area contributed by atoms with E-state index >= 15 is 0 Å². The zero-order valence-electron chi connectivity index (χ0n) is 23.2. The Morgan fingerprint density at radius 1 is 1.10 bits per heavy atom. The average Bonchev–Trinajstić information content (AvgIpc) is 3.36. The molecule has 210 valence electrons. The molecule has 4 atom stereocenters. The predicted octanol–water partition coefficient (Wildman–Crippen LogP) is 6.39. The summed E-state index contributed by atoms with van der Waals surface area (Å²) in [6.07, 6.45) is -0.374. The highest BCUT2D eigenvalue weighted by atomic mass is 127. The Morgan fingerprint density at radius 3 is 2.45 bits per heavy atom. The van der Waals surface area contributed by atoms with Gasteiger partial charge in [0.05, 0.1) is 47.1 Å². The smallest absolute Gasteiger partial charge is 0.308 e. The maximum absolute atomic E-state index is 14.7. The van der Waals surface area contributed by atoms with Gasteiger partial charge in [-0.2, -0.15) is 0 Å². The number of hydrogen-bond donors (Lipinski definition) is 0. The minimum atomic E-state index is -2.32. The van der Waals surface area contributed by atoms with Gasteiger partial charge >= 0.3 is 5.97 Å². The number of amides is 1. The van der Waals surface area contributed by atoms with Gasteiger partial charge in [0.2, 0.25) is 0 Å². The van der Waals surface area contributed by atoms with Crippen LogP contribution in [0.15, 0.2) is 71.2 Å². The Kier molecular flexibility index (Phi) is 8.22. The van der Waals surface area contributed by atoms with Crippen LogP contribution in [-0.2, 0) is 31.2 Å². The van der Waals surface area contributed by atoms with Crippen LogP contribution in [-0.4, -0.2) is 40.3 Å². The Hall–Kier alpha value is -2.21. The van der Waals surface area contributed by atoms with Crippen LogP contribution in [0.1, 0.15) is 24.5 Å². The standard InChI is InChI=1S/C31H33BrINO5Si/c1-19-29(40(4,5)23-13-11-22(37-2)12-14-23)27(17-28(35)38-3)39-31(19)24-16-21(33)10-15-26(24)34(30(31)36)18-20-8-6-7-9-25(20)32/h6-16,19,27,29H,17-18H2,1-5H3/t19-,27+,29-,31+/m0/s1. The van der Waals surface area contributed by atoms with Crippen LogP contribution < -0.4 is 14.8 Å². The molecular weight excluding hydrogens is 701 g/mol. The molecule has 1 spiro atoms. The van der Waals surface area contributed by atoms with Gasteiger partial charge in [-0.3, -0.25) is 9.59 Å². The number of benzene rings is 3. The van der Waals surface area contributed by atoms with E-state index < -0.39 is 19.8 Å². The minimum absolute atomic E-state index is 0.0296. The summed E-state index contributed by atoms with van der Waals surface area (Å²) >= 11 is 5.94. The van der Waals surface area contributed by atoms with Crippen LogP contribution in [0, 0.1) is 9.49 Å². The van der Waals surface area contributed by atoms with Gasteiger partial charge in [-0.15, -0.1) is 0 Å². The molecule has 6 nitrogen and oxygen atoms in total. The number of ether oxygens (including phenoxy) is 3. The van der Waals surface area contributed by atoms with Gasteiger partial charge in [0.1, 0.15) is 5.75 Å². The number of esters is 1. The summed E-state index contributed by atoms with van der Waals surface area (Å²) in [6, 6.07) is 22.3. The lowest BCUT2D eigenvalue weighted by Gasteiger charge is -2.37. The highest BCUT2D eigenvalue weighted by Gasteiger charge is 2.66. The second-order valence-electron chi connectivity index (χ2n) is 11.1. The monoisotopic (exact) mass is 733 g/mol. The van der Waals surface area contributed by atoms with Gasteiger partial charge in [0, 0.05) is 19.5 Å². The number of fused-ring (bicyclic) bond motifs is 2. The van der Waals surface area contributed by atoms with E-state index in [2.05, 4.69) is 76.7 Å². The lowest BCUT2D eigenvalue weighted by Crippen LogP contribution is -2.52. The van der Waals surface area contributed by atoms with Crippen LogP contribution in [0.2, 0.25) is 18.6 Å². The first kappa shape index (κ1) is 29.3. The van der Waals surface area contributed by atoms with Crippen LogP contribution >= 0.6 is 38.5 Å². The number of anilines is 1. The van der Waals surface area contributed by atoms with E-state index in [1.54, 1.807) is 7.11 Å². The largest absolute Gasteiger partial charge is 0.497 e. The van der Waals surface area contributed by atoms with Crippen molar-refractivity contribution in [2.45, 2.75) is 50.2 Å². The molecule has 0 N–H and O–H groups in total. The molecule has 2 aliphatic heterocycles. The van der Waals surface area contributed by atoms with E-state index in [0.29, 0.717) is 6.54 Å². The third kappa shape index (κ3) is 4.82. The van der Waals surface area contributed by atoms with Crippen LogP contribution in [0.5, 0.6) is 5.75 Å². The fourth-order valence-corrected chi connectivity index (χ4v) is 11.6. The maximum Gasteiger partial charge on any atom is 0.308 e. The van der Waals surface area contributed by atoms with E-state index in [9.17, 15) is 9.59 Å². The molecule has 5 rings (SSSR count). The lowest BCUT2D eigenvalue weighted by atomic mass is 9.82. The molecule has 0 bridgehead atoms. The fourth-order valence-electron chi connectivity index (χ4n) is 6.69. The van der Waals surface area contributed by atoms with Crippen LogP contribution in [0.3, 0.4) is 0 Å². The molecule has 40 heavy (non-hydrogen) atoms. The van der Waals surface area contributed by atoms with Crippen LogP contribution in [0.25, 0.3) is 0 Å². The Labute approximate surface area is 258 Å². The first-order valence-corrected chi connectivity index (χ1v) is 18.2. The normalized spacial score (nSPS) is 23.9. The minimum Gasteiger partial charge on any atom is -0.497 e. The maximum atomic E-state index is 14.7. The van der Waals surface area contributed by atoms with Crippen molar-refractivity contribution in [1.29, 1.82) is 0 Å². The molecule has 1 amide bonds. The summed E-state index contributed by atoms with van der Waals surface area (Å²) < 4.78 is 19.4. The second-order valence-corrected chi connectivity index (χ2v) is 17.9. The first-order valence-electron chi connectivity index (χ1n) is 13.3. The van der Waals surface area contributed by atoms with Gasteiger partial charge in [-0.1, -0.05) is 71.5 Å². The van der Waals surface area contributed by atoms with Crippen molar-refractivity contribution >= 4 is 69.3 Å². The fraction of sp³-hybridized carbons (Fsp3) is 0.355. The molecule has 0 unspecified atom stereocenters. The van der Waals surface area contributed by atoms with Crippen molar-refractivity contribution in [3.63, 3.8) is 0 Å². The number of halogens is 2. The molecule has 1 saturated heterocycles. The second kappa shape index (κ2) is 11.2. The molecule has 0 saturated carbocycles. The summed E-state index contributed by atoms with van der Waals surface area (Å²) in [4.78, 5) is 29.2. The molecule has 1 fully saturated rings. The lowest BCUT2D eigenvalue weighted by molar-refractivity contribution is -0.153. The highest BCUT2D eigenvalue weighted by molar-refractivity contribution is 14.1. The quantitative estimate of drug-likeness (QED) is 0.160. The molecule has 3 aromatic carbocycles. The molecule has 3 aromatic rings. The molecule has 0 radical (unpaired) electrons. The average molecular weight is 735 g/mol. The van der Waals surface area contributed by atoms with Gasteiger partial charge in [-0.25, -0.2) is 0 Å². The topological polar surface area (TPSA) is 65.1 Å². The number of rotatable bonds is 7. The summed E-state index contributed by atoms with van der Waals surface area (Å²) in [5.41, 5.74) is 1.52.